The average Bonchev–Trinajstić information content (AvgIpc) is 2.59. The molecule has 2 amide bonds. The first-order valence-corrected chi connectivity index (χ1v) is 6.21. The number of anilines is 1. The Labute approximate surface area is 103 Å². The molecule has 2 rings (SSSR count). The van der Waals surface area contributed by atoms with Crippen molar-refractivity contribution in [2.45, 2.75) is 32.6 Å². The summed E-state index contributed by atoms with van der Waals surface area (Å²) in [6.45, 7) is 7.90. The number of rotatable bonds is 2. The van der Waals surface area contributed by atoms with Gasteiger partial charge < -0.3 is 5.32 Å². The maximum atomic E-state index is 12.1. The van der Waals surface area contributed by atoms with Crippen molar-refractivity contribution in [1.82, 2.24) is 5.32 Å². The van der Waals surface area contributed by atoms with Crippen molar-refractivity contribution < 1.29 is 4.79 Å². The number of carbonyl (C=O) groups excluding carboxylic acids is 1. The van der Waals surface area contributed by atoms with E-state index in [1.165, 1.54) is 5.56 Å². The van der Waals surface area contributed by atoms with Gasteiger partial charge in [-0.3, -0.25) is 4.90 Å². The van der Waals surface area contributed by atoms with E-state index in [0.717, 1.165) is 25.2 Å². The summed E-state index contributed by atoms with van der Waals surface area (Å²) >= 11 is 0. The van der Waals surface area contributed by atoms with Crippen LogP contribution in [0.1, 0.15) is 32.8 Å². The summed E-state index contributed by atoms with van der Waals surface area (Å²) < 4.78 is 0. The van der Waals surface area contributed by atoms with Crippen LogP contribution in [0.2, 0.25) is 0 Å². The van der Waals surface area contributed by atoms with Crippen molar-refractivity contribution in [3.8, 4) is 0 Å². The molecule has 0 aromatic heterocycles. The van der Waals surface area contributed by atoms with E-state index in [9.17, 15) is 4.79 Å². The Hall–Kier alpha value is -1.51. The summed E-state index contributed by atoms with van der Waals surface area (Å²) in [4.78, 5) is 13.9. The molecule has 0 radical (unpaired) electrons. The van der Waals surface area contributed by atoms with E-state index in [0.29, 0.717) is 0 Å². The number of carbonyl (C=O) groups is 1. The van der Waals surface area contributed by atoms with Gasteiger partial charge in [-0.2, -0.15) is 0 Å². The minimum absolute atomic E-state index is 0.0184. The number of urea groups is 1. The highest BCUT2D eigenvalue weighted by atomic mass is 16.2. The van der Waals surface area contributed by atoms with Crippen LogP contribution in [0.15, 0.2) is 24.3 Å². The van der Waals surface area contributed by atoms with Crippen LogP contribution in [0.5, 0.6) is 0 Å². The maximum absolute atomic E-state index is 12.1. The van der Waals surface area contributed by atoms with Gasteiger partial charge in [0, 0.05) is 24.2 Å². The highest BCUT2D eigenvalue weighted by Crippen LogP contribution is 2.39. The molecule has 17 heavy (non-hydrogen) atoms. The minimum atomic E-state index is 0.0184. The molecular weight excluding hydrogens is 212 g/mol. The molecular formula is C14H20N2O. The molecule has 0 unspecified atom stereocenters. The minimum Gasteiger partial charge on any atom is -0.338 e. The van der Waals surface area contributed by atoms with Crippen LogP contribution in [-0.4, -0.2) is 19.1 Å². The largest absolute Gasteiger partial charge is 0.338 e. The lowest BCUT2D eigenvalue weighted by Crippen LogP contribution is -2.41. The first kappa shape index (κ1) is 12.0. The predicted molar refractivity (Wildman–Crippen MR) is 70.5 cm³/mol. The number of benzene rings is 1. The Balaban J connectivity index is 2.25. The molecule has 0 spiro atoms. The van der Waals surface area contributed by atoms with Crippen molar-refractivity contribution in [3.05, 3.63) is 29.8 Å². The lowest BCUT2D eigenvalue weighted by Gasteiger charge is -2.21. The number of fused-ring (bicyclic) bond motifs is 1. The van der Waals surface area contributed by atoms with Gasteiger partial charge in [0.15, 0.2) is 0 Å². The maximum Gasteiger partial charge on any atom is 0.321 e. The summed E-state index contributed by atoms with van der Waals surface area (Å²) in [7, 11) is 0. The van der Waals surface area contributed by atoms with Crippen LogP contribution in [0.3, 0.4) is 0 Å². The predicted octanol–water partition coefficient (Wildman–Crippen LogP) is 2.90. The van der Waals surface area contributed by atoms with Gasteiger partial charge in [-0.1, -0.05) is 39.0 Å². The van der Waals surface area contributed by atoms with Gasteiger partial charge in [0.2, 0.25) is 0 Å². The molecule has 1 heterocycles. The molecule has 0 fully saturated rings. The normalized spacial score (nSPS) is 16.8. The molecule has 1 N–H and O–H groups in total. The van der Waals surface area contributed by atoms with Gasteiger partial charge >= 0.3 is 6.03 Å². The van der Waals surface area contributed by atoms with Gasteiger partial charge in [-0.25, -0.2) is 4.79 Å². The van der Waals surface area contributed by atoms with E-state index in [1.807, 2.05) is 23.1 Å². The van der Waals surface area contributed by atoms with Crippen molar-refractivity contribution in [2.75, 3.05) is 18.0 Å². The second kappa shape index (κ2) is 4.40. The first-order valence-electron chi connectivity index (χ1n) is 6.21. The monoisotopic (exact) mass is 232 g/mol. The van der Waals surface area contributed by atoms with Gasteiger partial charge in [0.25, 0.3) is 0 Å². The Kier molecular flexibility index (Phi) is 3.09. The molecule has 1 aromatic carbocycles. The van der Waals surface area contributed by atoms with E-state index in [2.05, 4.69) is 32.2 Å². The second-order valence-electron chi connectivity index (χ2n) is 5.22. The van der Waals surface area contributed by atoms with Gasteiger partial charge in [-0.05, 0) is 18.1 Å². The van der Waals surface area contributed by atoms with Crippen LogP contribution in [0, 0.1) is 0 Å². The highest BCUT2D eigenvalue weighted by Gasteiger charge is 2.37. The molecule has 0 saturated heterocycles. The fourth-order valence-corrected chi connectivity index (χ4v) is 2.36. The fourth-order valence-electron chi connectivity index (χ4n) is 2.36. The third-order valence-corrected chi connectivity index (χ3v) is 3.25. The van der Waals surface area contributed by atoms with Crippen molar-refractivity contribution in [2.24, 2.45) is 0 Å². The summed E-state index contributed by atoms with van der Waals surface area (Å²) in [6.07, 6.45) is 0.963. The number of hydrogen-bond acceptors (Lipinski definition) is 1. The van der Waals surface area contributed by atoms with Gasteiger partial charge in [0.05, 0.1) is 0 Å². The van der Waals surface area contributed by atoms with E-state index in [1.54, 1.807) is 0 Å². The SMILES string of the molecule is CCCNC(=O)N1CC(C)(C)c2ccccc21. The summed E-state index contributed by atoms with van der Waals surface area (Å²) in [5.41, 5.74) is 2.35. The molecule has 3 heteroatoms. The summed E-state index contributed by atoms with van der Waals surface area (Å²) in [6, 6.07) is 8.18. The zero-order valence-corrected chi connectivity index (χ0v) is 10.8. The number of nitrogens with zero attached hydrogens (tertiary/aromatic N) is 1. The molecule has 1 aliphatic rings. The smallest absolute Gasteiger partial charge is 0.321 e. The molecule has 0 bridgehead atoms. The summed E-state index contributed by atoms with van der Waals surface area (Å²) in [5.74, 6) is 0. The zero-order valence-electron chi connectivity index (χ0n) is 10.8. The zero-order chi connectivity index (χ0) is 12.5. The molecule has 1 aliphatic heterocycles. The number of nitrogens with one attached hydrogen (secondary N) is 1. The molecule has 0 saturated carbocycles. The Morgan fingerprint density at radius 1 is 1.41 bits per heavy atom. The van der Waals surface area contributed by atoms with Crippen LogP contribution < -0.4 is 10.2 Å². The van der Waals surface area contributed by atoms with E-state index >= 15 is 0 Å². The Morgan fingerprint density at radius 2 is 2.12 bits per heavy atom. The molecule has 1 aromatic rings. The van der Waals surface area contributed by atoms with E-state index in [-0.39, 0.29) is 11.4 Å². The molecule has 3 nitrogen and oxygen atoms in total. The standard InChI is InChI=1S/C14H20N2O/c1-4-9-15-13(17)16-10-14(2,3)11-7-5-6-8-12(11)16/h5-8H,4,9-10H2,1-3H3,(H,15,17). The van der Waals surface area contributed by atoms with Crippen LogP contribution in [0.4, 0.5) is 10.5 Å². The number of para-hydroxylation sites is 1. The van der Waals surface area contributed by atoms with Crippen molar-refractivity contribution >= 4 is 11.7 Å². The first-order chi connectivity index (χ1) is 8.06. The summed E-state index contributed by atoms with van der Waals surface area (Å²) in [5, 5.41) is 2.94. The highest BCUT2D eigenvalue weighted by molar-refractivity contribution is 5.95. The van der Waals surface area contributed by atoms with Crippen LogP contribution >= 0.6 is 0 Å². The average molecular weight is 232 g/mol. The second-order valence-corrected chi connectivity index (χ2v) is 5.22. The lowest BCUT2D eigenvalue weighted by atomic mass is 9.87. The van der Waals surface area contributed by atoms with Crippen LogP contribution in [-0.2, 0) is 5.41 Å². The quantitative estimate of drug-likeness (QED) is 0.835. The Bertz CT molecular complexity index is 426. The van der Waals surface area contributed by atoms with Crippen molar-refractivity contribution in [3.63, 3.8) is 0 Å². The molecule has 92 valence electrons. The molecule has 0 atom stereocenters. The van der Waals surface area contributed by atoms with E-state index < -0.39 is 0 Å². The fraction of sp³-hybridized carbons (Fsp3) is 0.500. The number of amides is 2. The number of hydrogen-bond donors (Lipinski definition) is 1. The lowest BCUT2D eigenvalue weighted by molar-refractivity contribution is 0.246. The third kappa shape index (κ3) is 2.14. The van der Waals surface area contributed by atoms with Crippen LogP contribution in [0.25, 0.3) is 0 Å². The Morgan fingerprint density at radius 3 is 2.82 bits per heavy atom. The third-order valence-electron chi connectivity index (χ3n) is 3.25. The van der Waals surface area contributed by atoms with E-state index in [4.69, 9.17) is 0 Å². The molecule has 0 aliphatic carbocycles. The van der Waals surface area contributed by atoms with Gasteiger partial charge in [0.1, 0.15) is 0 Å². The van der Waals surface area contributed by atoms with Gasteiger partial charge in [-0.15, -0.1) is 0 Å². The topological polar surface area (TPSA) is 32.3 Å². The van der Waals surface area contributed by atoms with Crippen molar-refractivity contribution in [1.29, 1.82) is 0 Å².